The van der Waals surface area contributed by atoms with Gasteiger partial charge in [-0.3, -0.25) is 4.79 Å². The molecule has 0 saturated carbocycles. The molecule has 2 aliphatic rings. The number of hydrogen-bond acceptors (Lipinski definition) is 4. The van der Waals surface area contributed by atoms with E-state index in [0.717, 1.165) is 51.4 Å². The Kier molecular flexibility index (Phi) is 5.40. The van der Waals surface area contributed by atoms with Crippen molar-refractivity contribution in [1.82, 2.24) is 14.7 Å². The van der Waals surface area contributed by atoms with Gasteiger partial charge in [0.25, 0.3) is 5.56 Å². The molecule has 1 unspecified atom stereocenters. The Bertz CT molecular complexity index is 591. The lowest BCUT2D eigenvalue weighted by Crippen LogP contribution is -2.39. The zero-order valence-electron chi connectivity index (χ0n) is 15.3. The van der Waals surface area contributed by atoms with Crippen LogP contribution in [0.1, 0.15) is 45.7 Å². The molecule has 24 heavy (non-hydrogen) atoms. The minimum absolute atomic E-state index is 0.0218. The molecule has 0 amide bonds. The molecule has 2 saturated heterocycles. The lowest BCUT2D eigenvalue weighted by Gasteiger charge is -2.33. The summed E-state index contributed by atoms with van der Waals surface area (Å²) < 4.78 is 7.16. The van der Waals surface area contributed by atoms with Crippen LogP contribution >= 0.6 is 0 Å². The quantitative estimate of drug-likeness (QED) is 0.848. The molecule has 1 aromatic rings. The summed E-state index contributed by atoms with van der Waals surface area (Å²) in [7, 11) is 0. The van der Waals surface area contributed by atoms with Crippen molar-refractivity contribution in [2.24, 2.45) is 11.8 Å². The Morgan fingerprint density at radius 2 is 1.88 bits per heavy atom. The maximum absolute atomic E-state index is 12.1. The summed E-state index contributed by atoms with van der Waals surface area (Å²) in [6.07, 6.45) is 3.52. The summed E-state index contributed by atoms with van der Waals surface area (Å²) in [5, 5.41) is 4.61. The fraction of sp³-hybridized carbons (Fsp3) is 0.789. The van der Waals surface area contributed by atoms with Crippen LogP contribution in [0.25, 0.3) is 0 Å². The van der Waals surface area contributed by atoms with Gasteiger partial charge in [-0.2, -0.15) is 5.10 Å². The van der Waals surface area contributed by atoms with Crippen LogP contribution in [-0.2, 0) is 16.7 Å². The minimum atomic E-state index is -0.0256. The van der Waals surface area contributed by atoms with Crippen LogP contribution in [-0.4, -0.2) is 47.5 Å². The first-order valence-corrected chi connectivity index (χ1v) is 9.30. The van der Waals surface area contributed by atoms with E-state index in [1.807, 2.05) is 6.07 Å². The Morgan fingerprint density at radius 3 is 2.50 bits per heavy atom. The van der Waals surface area contributed by atoms with Gasteiger partial charge in [0.05, 0.1) is 12.3 Å². The third-order valence-corrected chi connectivity index (χ3v) is 5.31. The number of nitrogens with zero attached hydrogens (tertiary/aromatic N) is 3. The van der Waals surface area contributed by atoms with Gasteiger partial charge in [-0.05, 0) is 50.3 Å². The van der Waals surface area contributed by atoms with Crippen LogP contribution in [0.4, 0.5) is 0 Å². The molecule has 3 rings (SSSR count). The summed E-state index contributed by atoms with van der Waals surface area (Å²) >= 11 is 0. The van der Waals surface area contributed by atoms with Crippen molar-refractivity contribution >= 4 is 0 Å². The van der Waals surface area contributed by atoms with Crippen molar-refractivity contribution < 1.29 is 4.74 Å². The fourth-order valence-corrected chi connectivity index (χ4v) is 3.67. The monoisotopic (exact) mass is 333 g/mol. The molecule has 0 bridgehead atoms. The van der Waals surface area contributed by atoms with Crippen molar-refractivity contribution in [2.75, 3.05) is 32.8 Å². The molecule has 3 heterocycles. The summed E-state index contributed by atoms with van der Waals surface area (Å²) in [4.78, 5) is 14.7. The zero-order valence-corrected chi connectivity index (χ0v) is 15.3. The smallest absolute Gasteiger partial charge is 0.266 e. The molecule has 0 radical (unpaired) electrons. The highest BCUT2D eigenvalue weighted by Gasteiger charge is 2.25. The SMILES string of the molecule is CC(C)(C)c1ccc(=O)n(CC2CCN(CC3CCOC3)CC2)n1. The van der Waals surface area contributed by atoms with E-state index in [-0.39, 0.29) is 11.0 Å². The maximum Gasteiger partial charge on any atom is 0.266 e. The molecule has 5 nitrogen and oxygen atoms in total. The third-order valence-electron chi connectivity index (χ3n) is 5.31. The number of aromatic nitrogens is 2. The van der Waals surface area contributed by atoms with Crippen LogP contribution in [0.3, 0.4) is 0 Å². The molecule has 0 N–H and O–H groups in total. The Morgan fingerprint density at radius 1 is 1.12 bits per heavy atom. The fourth-order valence-electron chi connectivity index (χ4n) is 3.67. The second-order valence-corrected chi connectivity index (χ2v) is 8.46. The van der Waals surface area contributed by atoms with Gasteiger partial charge in [0.15, 0.2) is 0 Å². The van der Waals surface area contributed by atoms with Crippen LogP contribution in [0.5, 0.6) is 0 Å². The van der Waals surface area contributed by atoms with Crippen molar-refractivity contribution in [3.63, 3.8) is 0 Å². The zero-order chi connectivity index (χ0) is 17.2. The van der Waals surface area contributed by atoms with E-state index in [1.54, 1.807) is 10.7 Å². The van der Waals surface area contributed by atoms with Gasteiger partial charge >= 0.3 is 0 Å². The van der Waals surface area contributed by atoms with E-state index in [2.05, 4.69) is 30.8 Å². The average molecular weight is 333 g/mol. The van der Waals surface area contributed by atoms with Crippen molar-refractivity contribution in [2.45, 2.75) is 52.0 Å². The topological polar surface area (TPSA) is 47.4 Å². The number of ether oxygens (including phenoxy) is 1. The predicted octanol–water partition coefficient (Wildman–Crippen LogP) is 2.29. The van der Waals surface area contributed by atoms with Gasteiger partial charge in [0, 0.05) is 31.2 Å². The van der Waals surface area contributed by atoms with Crippen molar-refractivity contribution in [3.8, 4) is 0 Å². The van der Waals surface area contributed by atoms with Crippen LogP contribution in [0.2, 0.25) is 0 Å². The van der Waals surface area contributed by atoms with Crippen LogP contribution < -0.4 is 5.56 Å². The van der Waals surface area contributed by atoms with Crippen molar-refractivity contribution in [1.29, 1.82) is 0 Å². The lowest BCUT2D eigenvalue weighted by atomic mass is 9.92. The Balaban J connectivity index is 1.55. The minimum Gasteiger partial charge on any atom is -0.381 e. The molecular formula is C19H31N3O2. The largest absolute Gasteiger partial charge is 0.381 e. The Hall–Kier alpha value is -1.20. The highest BCUT2D eigenvalue weighted by molar-refractivity contribution is 5.10. The van der Waals surface area contributed by atoms with E-state index in [9.17, 15) is 4.79 Å². The number of piperidine rings is 1. The molecule has 0 aromatic carbocycles. The second-order valence-electron chi connectivity index (χ2n) is 8.46. The third kappa shape index (κ3) is 4.45. The summed E-state index contributed by atoms with van der Waals surface area (Å²) in [5.74, 6) is 1.27. The molecule has 0 spiro atoms. The van der Waals surface area contributed by atoms with Crippen molar-refractivity contribution in [3.05, 3.63) is 28.2 Å². The highest BCUT2D eigenvalue weighted by atomic mass is 16.5. The molecule has 5 heteroatoms. The summed E-state index contributed by atoms with van der Waals surface area (Å²) in [6.45, 7) is 12.5. The van der Waals surface area contributed by atoms with Gasteiger partial charge < -0.3 is 9.64 Å². The molecule has 1 aromatic heterocycles. The van der Waals surface area contributed by atoms with E-state index in [4.69, 9.17) is 4.74 Å². The first-order valence-electron chi connectivity index (χ1n) is 9.30. The Labute approximate surface area is 145 Å². The molecule has 2 aliphatic heterocycles. The normalized spacial score (nSPS) is 23.7. The molecular weight excluding hydrogens is 302 g/mol. The van der Waals surface area contributed by atoms with E-state index >= 15 is 0 Å². The first-order chi connectivity index (χ1) is 11.4. The molecule has 2 fully saturated rings. The van der Waals surface area contributed by atoms with E-state index in [0.29, 0.717) is 11.8 Å². The van der Waals surface area contributed by atoms with Gasteiger partial charge in [0.2, 0.25) is 0 Å². The first kappa shape index (κ1) is 17.6. The number of rotatable bonds is 4. The standard InChI is InChI=1S/C19H31N3O2/c1-19(2,3)17-4-5-18(23)22(20-17)13-15-6-9-21(10-7-15)12-16-8-11-24-14-16/h4-5,15-16H,6-14H2,1-3H3. The van der Waals surface area contributed by atoms with Gasteiger partial charge in [-0.1, -0.05) is 20.8 Å². The second kappa shape index (κ2) is 7.36. The predicted molar refractivity (Wildman–Crippen MR) is 95.3 cm³/mol. The van der Waals surface area contributed by atoms with Gasteiger partial charge in [-0.15, -0.1) is 0 Å². The van der Waals surface area contributed by atoms with Crippen LogP contribution in [0, 0.1) is 11.8 Å². The molecule has 1 atom stereocenters. The van der Waals surface area contributed by atoms with Gasteiger partial charge in [0.1, 0.15) is 0 Å². The van der Waals surface area contributed by atoms with E-state index in [1.165, 1.54) is 13.0 Å². The molecule has 134 valence electrons. The highest BCUT2D eigenvalue weighted by Crippen LogP contribution is 2.22. The maximum atomic E-state index is 12.1. The average Bonchev–Trinajstić information content (AvgIpc) is 3.03. The van der Waals surface area contributed by atoms with Crippen LogP contribution in [0.15, 0.2) is 16.9 Å². The lowest BCUT2D eigenvalue weighted by molar-refractivity contribution is 0.134. The summed E-state index contributed by atoms with van der Waals surface area (Å²) in [6, 6.07) is 3.54. The number of likely N-dealkylation sites (tertiary alicyclic amines) is 1. The number of hydrogen-bond donors (Lipinski definition) is 0. The van der Waals surface area contributed by atoms with Gasteiger partial charge in [-0.25, -0.2) is 4.68 Å². The molecule has 0 aliphatic carbocycles. The van der Waals surface area contributed by atoms with E-state index < -0.39 is 0 Å². The summed E-state index contributed by atoms with van der Waals surface area (Å²) in [5.41, 5.74) is 0.983.